The molecule has 1 saturated heterocycles. The first-order valence-electron chi connectivity index (χ1n) is 8.68. The molecular weight excluding hydrogens is 482 g/mol. The van der Waals surface area contributed by atoms with Gasteiger partial charge in [0.05, 0.1) is 27.6 Å². The molecule has 0 radical (unpaired) electrons. The van der Waals surface area contributed by atoms with Crippen molar-refractivity contribution in [3.05, 3.63) is 56.4 Å². The van der Waals surface area contributed by atoms with Gasteiger partial charge in [0, 0.05) is 0 Å². The Kier molecular flexibility index (Phi) is 7.10. The van der Waals surface area contributed by atoms with Crippen molar-refractivity contribution in [3.8, 4) is 17.2 Å². The Bertz CT molecular complexity index is 981. The Hall–Kier alpha value is -2.16. The fourth-order valence-corrected chi connectivity index (χ4v) is 4.11. The van der Waals surface area contributed by atoms with Crippen LogP contribution in [0.15, 0.2) is 45.8 Å². The van der Waals surface area contributed by atoms with E-state index < -0.39 is 5.91 Å². The molecule has 2 aromatic carbocycles. The molecule has 29 heavy (non-hydrogen) atoms. The Balaban J connectivity index is 1.71. The lowest BCUT2D eigenvalue weighted by atomic mass is 10.2. The first-order valence-corrected chi connectivity index (χ1v) is 10.7. The highest BCUT2D eigenvalue weighted by atomic mass is 79.9. The fraction of sp³-hybridized carbons (Fsp3) is 0.200. The van der Waals surface area contributed by atoms with Crippen molar-refractivity contribution < 1.29 is 24.2 Å². The molecule has 1 heterocycles. The molecular formula is C20H17BrClNO5S. The number of carbonyl (C=O) groups is 2. The molecule has 1 fully saturated rings. The zero-order chi connectivity index (χ0) is 21.0. The third-order valence-electron chi connectivity index (χ3n) is 3.93. The van der Waals surface area contributed by atoms with E-state index in [1.807, 2.05) is 0 Å². The normalized spacial score (nSPS) is 15.3. The number of benzene rings is 2. The zero-order valence-electron chi connectivity index (χ0n) is 15.4. The summed E-state index contributed by atoms with van der Waals surface area (Å²) in [6.07, 6.45) is 1.59. The van der Waals surface area contributed by atoms with Crippen LogP contribution in [-0.2, 0) is 4.79 Å². The summed E-state index contributed by atoms with van der Waals surface area (Å²) in [6.45, 7) is 2.42. The Morgan fingerprint density at radius 1 is 1.21 bits per heavy atom. The number of rotatable bonds is 7. The minimum atomic E-state index is -0.398. The highest BCUT2D eigenvalue weighted by molar-refractivity contribution is 9.10. The molecule has 1 aliphatic heterocycles. The van der Waals surface area contributed by atoms with Crippen LogP contribution in [0.5, 0.6) is 17.2 Å². The molecule has 0 bridgehead atoms. The van der Waals surface area contributed by atoms with Gasteiger partial charge in [-0.2, -0.15) is 0 Å². The van der Waals surface area contributed by atoms with Crippen LogP contribution in [0.2, 0.25) is 5.02 Å². The molecule has 3 rings (SSSR count). The number of hydrogen-bond acceptors (Lipinski definition) is 6. The van der Waals surface area contributed by atoms with E-state index in [1.165, 1.54) is 0 Å². The lowest BCUT2D eigenvalue weighted by Crippen LogP contribution is -2.32. The second-order valence-electron chi connectivity index (χ2n) is 5.89. The van der Waals surface area contributed by atoms with Gasteiger partial charge in [-0.25, -0.2) is 0 Å². The van der Waals surface area contributed by atoms with Crippen LogP contribution in [0.1, 0.15) is 12.5 Å². The molecule has 6 nitrogen and oxygen atoms in total. The van der Waals surface area contributed by atoms with Crippen LogP contribution in [0.3, 0.4) is 0 Å². The Morgan fingerprint density at radius 2 is 1.97 bits per heavy atom. The summed E-state index contributed by atoms with van der Waals surface area (Å²) in [6, 6.07) is 10.2. The maximum Gasteiger partial charge on any atom is 0.293 e. The average molecular weight is 499 g/mol. The van der Waals surface area contributed by atoms with Crippen LogP contribution in [-0.4, -0.2) is 40.9 Å². The number of carbonyl (C=O) groups excluding carboxylic acids is 2. The van der Waals surface area contributed by atoms with Gasteiger partial charge < -0.3 is 14.6 Å². The number of aromatic hydroxyl groups is 1. The largest absolute Gasteiger partial charge is 0.503 e. The van der Waals surface area contributed by atoms with Crippen molar-refractivity contribution in [1.82, 2.24) is 4.90 Å². The fourth-order valence-electron chi connectivity index (χ4n) is 2.60. The summed E-state index contributed by atoms with van der Waals surface area (Å²) in [4.78, 5) is 26.3. The van der Waals surface area contributed by atoms with Crippen molar-refractivity contribution in [1.29, 1.82) is 0 Å². The monoisotopic (exact) mass is 497 g/mol. The standard InChI is InChI=1S/C20H17BrClNO5S/c1-2-27-16-10-12(9-13(21)18(16)24)11-17-19(25)23(20(26)29-17)7-8-28-15-6-4-3-5-14(15)22/h3-6,9-11,24H,2,7-8H2,1H3/b17-11-. The van der Waals surface area contributed by atoms with Crippen LogP contribution < -0.4 is 9.47 Å². The van der Waals surface area contributed by atoms with E-state index in [9.17, 15) is 14.7 Å². The van der Waals surface area contributed by atoms with Gasteiger partial charge in [-0.15, -0.1) is 0 Å². The first kappa shape index (κ1) is 21.5. The van der Waals surface area contributed by atoms with Crippen molar-refractivity contribution in [3.63, 3.8) is 0 Å². The molecule has 1 aliphatic rings. The van der Waals surface area contributed by atoms with Crippen molar-refractivity contribution in [2.75, 3.05) is 19.8 Å². The summed E-state index contributed by atoms with van der Waals surface area (Å²) < 4.78 is 11.4. The van der Waals surface area contributed by atoms with E-state index in [1.54, 1.807) is 49.4 Å². The number of phenols is 1. The van der Waals surface area contributed by atoms with E-state index in [0.29, 0.717) is 33.2 Å². The predicted molar refractivity (Wildman–Crippen MR) is 117 cm³/mol. The van der Waals surface area contributed by atoms with Crippen LogP contribution in [0, 0.1) is 0 Å². The minimum absolute atomic E-state index is 0.0196. The second kappa shape index (κ2) is 9.56. The number of nitrogens with zero attached hydrogens (tertiary/aromatic N) is 1. The van der Waals surface area contributed by atoms with Crippen molar-refractivity contribution in [2.24, 2.45) is 0 Å². The Labute approximate surface area is 185 Å². The van der Waals surface area contributed by atoms with Gasteiger partial charge in [-0.3, -0.25) is 14.5 Å². The van der Waals surface area contributed by atoms with Crippen molar-refractivity contribution >= 4 is 56.5 Å². The maximum absolute atomic E-state index is 12.6. The predicted octanol–water partition coefficient (Wildman–Crippen LogP) is 5.32. The zero-order valence-corrected chi connectivity index (χ0v) is 18.5. The smallest absolute Gasteiger partial charge is 0.293 e. The van der Waals surface area contributed by atoms with Crippen LogP contribution in [0.4, 0.5) is 4.79 Å². The number of phenolic OH excluding ortho intramolecular Hbond substituents is 1. The maximum atomic E-state index is 12.6. The van der Waals surface area contributed by atoms with E-state index in [4.69, 9.17) is 21.1 Å². The highest BCUT2D eigenvalue weighted by Crippen LogP contribution is 2.38. The molecule has 0 aliphatic carbocycles. The number of hydrogen-bond donors (Lipinski definition) is 1. The van der Waals surface area contributed by atoms with E-state index in [-0.39, 0.29) is 29.0 Å². The van der Waals surface area contributed by atoms with E-state index in [2.05, 4.69) is 15.9 Å². The molecule has 0 saturated carbocycles. The summed E-state index contributed by atoms with van der Waals surface area (Å²) in [5.74, 6) is 0.369. The van der Waals surface area contributed by atoms with E-state index in [0.717, 1.165) is 16.7 Å². The van der Waals surface area contributed by atoms with Gasteiger partial charge in [0.1, 0.15) is 12.4 Å². The molecule has 9 heteroatoms. The van der Waals surface area contributed by atoms with Gasteiger partial charge >= 0.3 is 0 Å². The lowest BCUT2D eigenvalue weighted by molar-refractivity contribution is -0.123. The van der Waals surface area contributed by atoms with Gasteiger partial charge in [0.2, 0.25) is 0 Å². The third kappa shape index (κ3) is 5.07. The van der Waals surface area contributed by atoms with Gasteiger partial charge in [0.15, 0.2) is 11.5 Å². The van der Waals surface area contributed by atoms with Crippen LogP contribution >= 0.6 is 39.3 Å². The molecule has 0 unspecified atom stereocenters. The number of imide groups is 1. The van der Waals surface area contributed by atoms with E-state index >= 15 is 0 Å². The second-order valence-corrected chi connectivity index (χ2v) is 8.15. The molecule has 2 amide bonds. The first-order chi connectivity index (χ1) is 13.9. The van der Waals surface area contributed by atoms with Crippen molar-refractivity contribution in [2.45, 2.75) is 6.92 Å². The Morgan fingerprint density at radius 3 is 2.69 bits per heavy atom. The molecule has 152 valence electrons. The van der Waals surface area contributed by atoms with Gasteiger partial charge in [-0.05, 0) is 70.5 Å². The summed E-state index contributed by atoms with van der Waals surface area (Å²) in [5, 5.41) is 10.1. The molecule has 2 aromatic rings. The van der Waals surface area contributed by atoms with Gasteiger partial charge in [-0.1, -0.05) is 23.7 Å². The van der Waals surface area contributed by atoms with Gasteiger partial charge in [0.25, 0.3) is 11.1 Å². The summed E-state index contributed by atoms with van der Waals surface area (Å²) >= 11 is 10.1. The van der Waals surface area contributed by atoms with Crippen LogP contribution in [0.25, 0.3) is 6.08 Å². The molecule has 0 spiro atoms. The molecule has 0 aromatic heterocycles. The SMILES string of the molecule is CCOc1cc(/C=C2\SC(=O)N(CCOc3ccccc3Cl)C2=O)cc(Br)c1O. The average Bonchev–Trinajstić information content (AvgIpc) is 2.94. The summed E-state index contributed by atoms with van der Waals surface area (Å²) in [7, 11) is 0. The number of para-hydroxylation sites is 1. The number of amides is 2. The lowest BCUT2D eigenvalue weighted by Gasteiger charge is -2.13. The minimum Gasteiger partial charge on any atom is -0.503 e. The molecule has 0 atom stereocenters. The topological polar surface area (TPSA) is 76.1 Å². The quantitative estimate of drug-likeness (QED) is 0.521. The molecule has 1 N–H and O–H groups in total. The highest BCUT2D eigenvalue weighted by Gasteiger charge is 2.34. The third-order valence-corrected chi connectivity index (χ3v) is 5.76. The number of ether oxygens (including phenoxy) is 2. The number of thioether (sulfide) groups is 1. The summed E-state index contributed by atoms with van der Waals surface area (Å²) in [5.41, 5.74) is 0.621. The number of halogens is 2.